The van der Waals surface area contributed by atoms with Crippen molar-refractivity contribution in [2.24, 2.45) is 27.6 Å². The number of phenols is 2. The Bertz CT molecular complexity index is 1410. The highest BCUT2D eigenvalue weighted by Crippen LogP contribution is 2.74. The number of carbonyl (C=O) groups excluding carboxylic acids is 1. The minimum absolute atomic E-state index is 0.0224. The third-order valence-electron chi connectivity index (χ3n) is 13.3. The third-order valence-corrected chi connectivity index (χ3v) is 13.3. The summed E-state index contributed by atoms with van der Waals surface area (Å²) in [5.41, 5.74) is 2.93. The van der Waals surface area contributed by atoms with Crippen molar-refractivity contribution in [2.45, 2.75) is 85.0 Å². The van der Waals surface area contributed by atoms with E-state index in [1.165, 1.54) is 24.8 Å². The smallest absolute Gasteiger partial charge is 0.317 e. The summed E-state index contributed by atoms with van der Waals surface area (Å²) in [5, 5.41) is 25.8. The maximum atomic E-state index is 13.1. The van der Waals surface area contributed by atoms with E-state index in [0.717, 1.165) is 69.2 Å². The van der Waals surface area contributed by atoms with Crippen molar-refractivity contribution >= 4 is 18.7 Å². The van der Waals surface area contributed by atoms with E-state index in [-0.39, 0.29) is 39.2 Å². The molecule has 3 saturated carbocycles. The lowest BCUT2D eigenvalue weighted by Gasteiger charge is -2.70. The molecule has 4 fully saturated rings. The molecule has 4 aliphatic carbocycles. The molecule has 5 aliphatic rings. The number of urea groups is 1. The molecule has 224 valence electrons. The number of piperazine rings is 1. The van der Waals surface area contributed by atoms with Gasteiger partial charge in [-0.2, -0.15) is 0 Å². The Morgan fingerprint density at radius 2 is 1.66 bits per heavy atom. The number of likely N-dealkylation sites (N-methyl/N-ethyl adjacent to an activating group) is 1. The topological polar surface area (TPSA) is 76.0 Å². The van der Waals surface area contributed by atoms with E-state index < -0.39 is 0 Å². The number of nitrogens with one attached hydrogen (secondary N) is 1. The van der Waals surface area contributed by atoms with Gasteiger partial charge in [-0.1, -0.05) is 58.9 Å². The zero-order chi connectivity index (χ0) is 29.6. The van der Waals surface area contributed by atoms with Crippen LogP contribution in [-0.2, 0) is 5.41 Å². The highest BCUT2D eigenvalue weighted by atomic mass is 16.3. The molecule has 6 rings (SSSR count). The summed E-state index contributed by atoms with van der Waals surface area (Å²) in [6, 6.07) is 1.89. The number of carbonyl (C=O) groups is 1. The average molecular weight is 562 g/mol. The number of phenolic OH excluding ortho intramolecular Hbond substituents is 2. The van der Waals surface area contributed by atoms with Gasteiger partial charge in [-0.3, -0.25) is 0 Å². The average Bonchev–Trinajstić information content (AvgIpc) is 2.94. The zero-order valence-corrected chi connectivity index (χ0v) is 26.2. The Balaban J connectivity index is 1.29. The van der Waals surface area contributed by atoms with Crippen molar-refractivity contribution in [3.05, 3.63) is 33.7 Å². The molecule has 1 aromatic rings. The van der Waals surface area contributed by atoms with Gasteiger partial charge in [-0.25, -0.2) is 4.79 Å². The predicted octanol–water partition coefficient (Wildman–Crippen LogP) is 4.86. The van der Waals surface area contributed by atoms with Crippen molar-refractivity contribution in [3.8, 4) is 11.5 Å². The van der Waals surface area contributed by atoms with E-state index in [4.69, 9.17) is 0 Å². The molecule has 1 aromatic carbocycles. The van der Waals surface area contributed by atoms with Gasteiger partial charge >= 0.3 is 6.03 Å². The maximum absolute atomic E-state index is 13.1. The van der Waals surface area contributed by atoms with Crippen LogP contribution in [0.1, 0.15) is 85.1 Å². The van der Waals surface area contributed by atoms with Crippen molar-refractivity contribution in [3.63, 3.8) is 0 Å². The number of hydrogen-bond donors (Lipinski definition) is 3. The molecule has 2 amide bonds. The van der Waals surface area contributed by atoms with Gasteiger partial charge in [0.2, 0.25) is 0 Å². The van der Waals surface area contributed by atoms with Crippen molar-refractivity contribution in [2.75, 3.05) is 39.8 Å². The van der Waals surface area contributed by atoms with Crippen LogP contribution in [0.5, 0.6) is 11.5 Å². The van der Waals surface area contributed by atoms with Crippen LogP contribution in [0.25, 0.3) is 12.7 Å². The lowest BCUT2D eigenvalue weighted by molar-refractivity contribution is -0.157. The second-order valence-corrected chi connectivity index (χ2v) is 15.7. The Morgan fingerprint density at radius 1 is 0.976 bits per heavy atom. The lowest BCUT2D eigenvalue weighted by Crippen LogP contribution is -2.63. The van der Waals surface area contributed by atoms with Crippen LogP contribution in [0.3, 0.4) is 0 Å². The summed E-state index contributed by atoms with van der Waals surface area (Å²) >= 11 is 0. The third kappa shape index (κ3) is 4.10. The van der Waals surface area contributed by atoms with Gasteiger partial charge in [-0.15, -0.1) is 0 Å². The molecule has 6 heteroatoms. The van der Waals surface area contributed by atoms with E-state index in [9.17, 15) is 15.0 Å². The van der Waals surface area contributed by atoms with Gasteiger partial charge in [0, 0.05) is 43.4 Å². The van der Waals surface area contributed by atoms with Crippen LogP contribution in [0.2, 0.25) is 0 Å². The fourth-order valence-corrected chi connectivity index (χ4v) is 10.0. The number of hydrogen-bond acceptors (Lipinski definition) is 4. The number of benzene rings is 1. The Hall–Kier alpha value is -2.47. The Morgan fingerprint density at radius 3 is 2.37 bits per heavy atom. The number of nitrogens with zero attached hydrogens (tertiary/aromatic N) is 2. The van der Waals surface area contributed by atoms with E-state index in [1.54, 1.807) is 6.07 Å². The van der Waals surface area contributed by atoms with Gasteiger partial charge in [0.25, 0.3) is 0 Å². The molecular weight excluding hydrogens is 510 g/mol. The first-order valence-electron chi connectivity index (χ1n) is 15.8. The first kappa shape index (κ1) is 28.6. The van der Waals surface area contributed by atoms with E-state index >= 15 is 0 Å². The summed E-state index contributed by atoms with van der Waals surface area (Å²) in [4.78, 5) is 17.4. The molecule has 0 radical (unpaired) electrons. The highest BCUT2D eigenvalue weighted by Gasteiger charge is 2.66. The normalized spacial score (nSPS) is 40.3. The van der Waals surface area contributed by atoms with Crippen LogP contribution in [-0.4, -0.2) is 65.8 Å². The highest BCUT2D eigenvalue weighted by molar-refractivity contribution is 5.74. The summed E-state index contributed by atoms with van der Waals surface area (Å²) in [7, 11) is 2.12. The second kappa shape index (κ2) is 9.26. The van der Waals surface area contributed by atoms with Gasteiger partial charge in [0.15, 0.2) is 11.5 Å². The van der Waals surface area contributed by atoms with Crippen LogP contribution in [0.4, 0.5) is 4.79 Å². The molecular formula is C35H51N3O3. The fourth-order valence-electron chi connectivity index (χ4n) is 10.0. The lowest BCUT2D eigenvalue weighted by atomic mass is 9.35. The second-order valence-electron chi connectivity index (χ2n) is 15.7. The molecule has 0 spiro atoms. The van der Waals surface area contributed by atoms with Gasteiger partial charge in [0.1, 0.15) is 0 Å². The number of fused-ring (bicyclic) bond motifs is 7. The van der Waals surface area contributed by atoms with Gasteiger partial charge in [0.05, 0.1) is 0 Å². The van der Waals surface area contributed by atoms with Crippen molar-refractivity contribution < 1.29 is 15.0 Å². The monoisotopic (exact) mass is 561 g/mol. The van der Waals surface area contributed by atoms with E-state index in [2.05, 4.69) is 70.6 Å². The summed E-state index contributed by atoms with van der Waals surface area (Å²) < 4.78 is 0. The quantitative estimate of drug-likeness (QED) is 0.451. The predicted molar refractivity (Wildman–Crippen MR) is 165 cm³/mol. The summed E-state index contributed by atoms with van der Waals surface area (Å²) in [5.74, 6) is 0.388. The largest absolute Gasteiger partial charge is 0.504 e. The van der Waals surface area contributed by atoms with Gasteiger partial charge in [-0.05, 0) is 96.4 Å². The summed E-state index contributed by atoms with van der Waals surface area (Å²) in [6.45, 7) is 20.7. The number of aromatic hydroxyl groups is 2. The summed E-state index contributed by atoms with van der Waals surface area (Å²) in [6.07, 6.45) is 12.5. The molecule has 1 saturated heterocycles. The minimum Gasteiger partial charge on any atom is -0.504 e. The van der Waals surface area contributed by atoms with Crippen molar-refractivity contribution in [1.82, 2.24) is 15.1 Å². The molecule has 6 atom stereocenters. The fraction of sp³-hybridized carbons (Fsp3) is 0.686. The number of rotatable bonds is 2. The molecule has 1 aliphatic heterocycles. The molecule has 0 bridgehead atoms. The zero-order valence-electron chi connectivity index (χ0n) is 26.2. The van der Waals surface area contributed by atoms with E-state index in [1.807, 2.05) is 4.90 Å². The number of allylic oxidation sites excluding steroid dienone is 2. The van der Waals surface area contributed by atoms with Crippen LogP contribution in [0, 0.1) is 27.6 Å². The molecule has 0 unspecified atom stereocenters. The first-order chi connectivity index (χ1) is 19.2. The van der Waals surface area contributed by atoms with Crippen LogP contribution < -0.4 is 15.8 Å². The van der Waals surface area contributed by atoms with Crippen LogP contribution >= 0.6 is 0 Å². The Kier molecular flexibility index (Phi) is 6.47. The Labute approximate surface area is 246 Å². The molecule has 41 heavy (non-hydrogen) atoms. The SMILES string of the molecule is C=c1c(O)c(O)cc2c1=CC=C1[C@@]2(C)CC[C@@]2(C)[C@@H]3C[C@](C)(CNC(=O)N4CCN(C)CC4)CC[C@]3(C)CC[C@]12C. The van der Waals surface area contributed by atoms with Crippen LogP contribution in [0.15, 0.2) is 17.7 Å². The molecule has 0 aromatic heterocycles. The van der Waals surface area contributed by atoms with Gasteiger partial charge < -0.3 is 25.3 Å². The molecule has 1 heterocycles. The standard InChI is InChI=1S/C35H51N3O3/c1-23-24-8-9-27-33(4,25(24)20-26(39)29(23)40)13-15-35(6)28-21-31(2,10-11-32(28,3)12-14-34(27,35)5)22-36-30(41)38-18-16-37(7)17-19-38/h8-9,20,28,39-40H,1,10-19,21-22H2,2-7H3,(H,36,41)/t28-,31-,32-,33+,34-,35+/m1/s1. The first-order valence-corrected chi connectivity index (χ1v) is 15.8. The number of amides is 2. The minimum atomic E-state index is -0.196. The molecule has 3 N–H and O–H groups in total. The maximum Gasteiger partial charge on any atom is 0.317 e. The molecule has 6 nitrogen and oxygen atoms in total. The van der Waals surface area contributed by atoms with Crippen molar-refractivity contribution in [1.29, 1.82) is 0 Å². The van der Waals surface area contributed by atoms with E-state index in [0.29, 0.717) is 16.6 Å².